The van der Waals surface area contributed by atoms with Gasteiger partial charge in [0, 0.05) is 12.2 Å². The zero-order valence-electron chi connectivity index (χ0n) is 13.5. The Balaban J connectivity index is 1.45. The van der Waals surface area contributed by atoms with Gasteiger partial charge in [0.2, 0.25) is 0 Å². The van der Waals surface area contributed by atoms with Crippen molar-refractivity contribution < 1.29 is 9.90 Å². The quantitative estimate of drug-likeness (QED) is 0.644. The van der Waals surface area contributed by atoms with Crippen LogP contribution in [0.25, 0.3) is 5.69 Å². The highest BCUT2D eigenvalue weighted by atomic mass is 16.3. The van der Waals surface area contributed by atoms with E-state index in [4.69, 9.17) is 0 Å². The fourth-order valence-electron chi connectivity index (χ4n) is 2.37. The summed E-state index contributed by atoms with van der Waals surface area (Å²) in [6, 6.07) is 16.2. The predicted molar refractivity (Wildman–Crippen MR) is 94.4 cm³/mol. The summed E-state index contributed by atoms with van der Waals surface area (Å²) in [5, 5.41) is 23.6. The Labute approximate surface area is 145 Å². The first-order valence-corrected chi connectivity index (χ1v) is 7.97. The second kappa shape index (κ2) is 8.07. The fourth-order valence-corrected chi connectivity index (χ4v) is 2.37. The molecule has 0 saturated carbocycles. The van der Waals surface area contributed by atoms with Crippen molar-refractivity contribution in [2.75, 3.05) is 11.9 Å². The molecule has 0 radical (unpaired) electrons. The van der Waals surface area contributed by atoms with E-state index < -0.39 is 6.10 Å². The number of hydrogen-bond acceptors (Lipinski definition) is 4. The highest BCUT2D eigenvalue weighted by Crippen LogP contribution is 2.15. The number of benzene rings is 2. The average Bonchev–Trinajstić information content (AvgIpc) is 3.18. The van der Waals surface area contributed by atoms with Gasteiger partial charge in [0.1, 0.15) is 0 Å². The molecule has 3 rings (SSSR count). The number of nitrogens with zero attached hydrogens (tertiary/aromatic N) is 3. The largest absolute Gasteiger partial charge is 0.388 e. The van der Waals surface area contributed by atoms with Gasteiger partial charge >= 0.3 is 6.03 Å². The second-order valence-electron chi connectivity index (χ2n) is 5.46. The molecular weight excluding hydrogens is 318 g/mol. The van der Waals surface area contributed by atoms with Crippen LogP contribution in [-0.4, -0.2) is 32.7 Å². The van der Waals surface area contributed by atoms with Crippen molar-refractivity contribution in [1.29, 1.82) is 0 Å². The summed E-state index contributed by atoms with van der Waals surface area (Å²) in [4.78, 5) is 13.4. The molecule has 3 N–H and O–H groups in total. The van der Waals surface area contributed by atoms with Crippen molar-refractivity contribution in [1.82, 2.24) is 20.3 Å². The van der Waals surface area contributed by atoms with Gasteiger partial charge in [-0.3, -0.25) is 0 Å². The minimum absolute atomic E-state index is 0.315. The highest BCUT2D eigenvalue weighted by Gasteiger charge is 2.08. The number of anilines is 1. The molecule has 0 fully saturated rings. The van der Waals surface area contributed by atoms with Crippen LogP contribution in [0.15, 0.2) is 67.0 Å². The molecule has 25 heavy (non-hydrogen) atoms. The SMILES string of the molecule is O=C(NCCC(O)c1ccccc1)Nc1ccc(-n2nccn2)cc1. The van der Waals surface area contributed by atoms with Crippen LogP contribution >= 0.6 is 0 Å². The van der Waals surface area contributed by atoms with Crippen molar-refractivity contribution in [3.63, 3.8) is 0 Å². The zero-order chi connectivity index (χ0) is 17.5. The molecule has 7 heteroatoms. The highest BCUT2D eigenvalue weighted by molar-refractivity contribution is 5.89. The van der Waals surface area contributed by atoms with E-state index >= 15 is 0 Å². The number of aliphatic hydroxyl groups excluding tert-OH is 1. The van der Waals surface area contributed by atoms with Crippen LogP contribution in [0.3, 0.4) is 0 Å². The minimum atomic E-state index is -0.595. The van der Waals surface area contributed by atoms with Gasteiger partial charge in [-0.05, 0) is 36.2 Å². The summed E-state index contributed by atoms with van der Waals surface area (Å²) in [5.74, 6) is 0. The standard InChI is InChI=1S/C18H19N5O2/c24-17(14-4-2-1-3-5-14)10-11-19-18(25)22-15-6-8-16(9-7-15)23-20-12-13-21-23/h1-9,12-13,17,24H,10-11H2,(H2,19,22,25). The molecule has 0 saturated heterocycles. The molecule has 0 spiro atoms. The molecule has 2 amide bonds. The molecule has 1 unspecified atom stereocenters. The Kier molecular flexibility index (Phi) is 5.38. The maximum Gasteiger partial charge on any atom is 0.319 e. The maximum absolute atomic E-state index is 11.9. The van der Waals surface area contributed by atoms with Gasteiger partial charge in [-0.15, -0.1) is 0 Å². The summed E-state index contributed by atoms with van der Waals surface area (Å²) < 4.78 is 0. The number of urea groups is 1. The number of hydrogen-bond donors (Lipinski definition) is 3. The van der Waals surface area contributed by atoms with Gasteiger partial charge in [0.05, 0.1) is 24.2 Å². The molecule has 0 bridgehead atoms. The number of nitrogens with one attached hydrogen (secondary N) is 2. The summed E-state index contributed by atoms with van der Waals surface area (Å²) in [7, 11) is 0. The van der Waals surface area contributed by atoms with E-state index in [9.17, 15) is 9.90 Å². The summed E-state index contributed by atoms with van der Waals surface area (Å²) in [6.45, 7) is 0.372. The Bertz CT molecular complexity index is 788. The smallest absolute Gasteiger partial charge is 0.319 e. The molecule has 128 valence electrons. The number of carbonyl (C=O) groups is 1. The van der Waals surface area contributed by atoms with E-state index in [1.807, 2.05) is 42.5 Å². The summed E-state index contributed by atoms with van der Waals surface area (Å²) in [6.07, 6.45) is 3.05. The van der Waals surface area contributed by atoms with Gasteiger partial charge in [0.25, 0.3) is 0 Å². The molecule has 0 aliphatic carbocycles. The van der Waals surface area contributed by atoms with Crippen molar-refractivity contribution in [3.8, 4) is 5.69 Å². The first-order chi connectivity index (χ1) is 12.2. The van der Waals surface area contributed by atoms with Crippen LogP contribution in [0, 0.1) is 0 Å². The topological polar surface area (TPSA) is 92.1 Å². The van der Waals surface area contributed by atoms with Crippen LogP contribution in [0.4, 0.5) is 10.5 Å². The molecule has 0 aliphatic heterocycles. The van der Waals surface area contributed by atoms with Crippen molar-refractivity contribution in [3.05, 3.63) is 72.6 Å². The molecular formula is C18H19N5O2. The van der Waals surface area contributed by atoms with Crippen LogP contribution < -0.4 is 10.6 Å². The van der Waals surface area contributed by atoms with E-state index in [0.29, 0.717) is 18.7 Å². The Morgan fingerprint density at radius 2 is 1.72 bits per heavy atom. The number of amides is 2. The Morgan fingerprint density at radius 1 is 1.04 bits per heavy atom. The summed E-state index contributed by atoms with van der Waals surface area (Å²) in [5.41, 5.74) is 2.31. The second-order valence-corrected chi connectivity index (χ2v) is 5.46. The first-order valence-electron chi connectivity index (χ1n) is 7.97. The number of rotatable bonds is 6. The van der Waals surface area contributed by atoms with Gasteiger partial charge in [-0.25, -0.2) is 4.79 Å². The maximum atomic E-state index is 11.9. The molecule has 3 aromatic rings. The molecule has 1 aromatic heterocycles. The van der Waals surface area contributed by atoms with E-state index in [0.717, 1.165) is 11.3 Å². The lowest BCUT2D eigenvalue weighted by atomic mass is 10.1. The van der Waals surface area contributed by atoms with Crippen molar-refractivity contribution >= 4 is 11.7 Å². The first kappa shape index (κ1) is 16.7. The molecule has 7 nitrogen and oxygen atoms in total. The van der Waals surface area contributed by atoms with Gasteiger partial charge in [-0.1, -0.05) is 30.3 Å². The van der Waals surface area contributed by atoms with E-state index in [2.05, 4.69) is 20.8 Å². The van der Waals surface area contributed by atoms with Crippen molar-refractivity contribution in [2.45, 2.75) is 12.5 Å². The minimum Gasteiger partial charge on any atom is -0.388 e. The lowest BCUT2D eigenvalue weighted by molar-refractivity contribution is 0.167. The van der Waals surface area contributed by atoms with E-state index in [1.54, 1.807) is 24.5 Å². The average molecular weight is 337 g/mol. The normalized spacial score (nSPS) is 11.7. The lowest BCUT2D eigenvalue weighted by Gasteiger charge is -2.12. The number of aliphatic hydroxyl groups is 1. The molecule has 1 heterocycles. The number of carbonyl (C=O) groups excluding carboxylic acids is 1. The van der Waals surface area contributed by atoms with Crippen molar-refractivity contribution in [2.24, 2.45) is 0 Å². The van der Waals surface area contributed by atoms with Crippen LogP contribution in [0.5, 0.6) is 0 Å². The Morgan fingerprint density at radius 3 is 2.40 bits per heavy atom. The lowest BCUT2D eigenvalue weighted by Crippen LogP contribution is -2.30. The third-order valence-corrected chi connectivity index (χ3v) is 3.66. The third kappa shape index (κ3) is 4.65. The van der Waals surface area contributed by atoms with Crippen LogP contribution in [0.2, 0.25) is 0 Å². The molecule has 1 atom stereocenters. The number of aromatic nitrogens is 3. The van der Waals surface area contributed by atoms with E-state index in [1.165, 1.54) is 4.80 Å². The fraction of sp³-hybridized carbons (Fsp3) is 0.167. The zero-order valence-corrected chi connectivity index (χ0v) is 13.5. The molecule has 0 aliphatic rings. The van der Waals surface area contributed by atoms with Crippen LogP contribution in [0.1, 0.15) is 18.1 Å². The van der Waals surface area contributed by atoms with Gasteiger partial charge in [0.15, 0.2) is 0 Å². The Hall–Kier alpha value is -3.19. The predicted octanol–water partition coefficient (Wildman–Crippen LogP) is 2.51. The summed E-state index contributed by atoms with van der Waals surface area (Å²) >= 11 is 0. The molecule has 2 aromatic carbocycles. The third-order valence-electron chi connectivity index (χ3n) is 3.66. The van der Waals surface area contributed by atoms with Gasteiger partial charge < -0.3 is 15.7 Å². The monoisotopic (exact) mass is 337 g/mol. The van der Waals surface area contributed by atoms with E-state index in [-0.39, 0.29) is 6.03 Å². The van der Waals surface area contributed by atoms with Gasteiger partial charge in [-0.2, -0.15) is 15.0 Å². The van der Waals surface area contributed by atoms with Crippen LogP contribution in [-0.2, 0) is 0 Å².